The van der Waals surface area contributed by atoms with Gasteiger partial charge in [-0.2, -0.15) is 0 Å². The monoisotopic (exact) mass is 457 g/mol. The lowest BCUT2D eigenvalue weighted by molar-refractivity contribution is -0.384. The molecule has 1 saturated heterocycles. The van der Waals surface area contributed by atoms with Crippen LogP contribution in [-0.2, 0) is 9.59 Å². The second-order valence-electron chi connectivity index (χ2n) is 6.88. The number of carbonyl (C=O) groups excluding carboxylic acids is 3. The maximum absolute atomic E-state index is 13.1. The van der Waals surface area contributed by atoms with Crippen LogP contribution in [-0.4, -0.2) is 46.7 Å². The van der Waals surface area contributed by atoms with Crippen LogP contribution in [0.4, 0.5) is 11.4 Å². The SMILES string of the molecule is C=CCN(C(=O)c1ccc(Cl)c([N+](=O)[O-])c1)C1CC(=O)N(c2ccc(OCC)cc2)C1=O. The lowest BCUT2D eigenvalue weighted by Gasteiger charge is -2.26. The van der Waals surface area contributed by atoms with Crippen LogP contribution >= 0.6 is 11.6 Å². The van der Waals surface area contributed by atoms with Gasteiger partial charge in [0.2, 0.25) is 5.91 Å². The van der Waals surface area contributed by atoms with E-state index in [9.17, 15) is 24.5 Å². The summed E-state index contributed by atoms with van der Waals surface area (Å²) < 4.78 is 5.37. The molecule has 0 N–H and O–H groups in total. The summed E-state index contributed by atoms with van der Waals surface area (Å²) in [4.78, 5) is 51.6. The molecule has 1 aliphatic rings. The summed E-state index contributed by atoms with van der Waals surface area (Å²) in [6.07, 6.45) is 1.20. The molecule has 0 bridgehead atoms. The van der Waals surface area contributed by atoms with Gasteiger partial charge in [-0.1, -0.05) is 17.7 Å². The zero-order valence-corrected chi connectivity index (χ0v) is 17.9. The lowest BCUT2D eigenvalue weighted by atomic mass is 10.1. The Morgan fingerprint density at radius 1 is 1.31 bits per heavy atom. The Morgan fingerprint density at radius 2 is 2.00 bits per heavy atom. The van der Waals surface area contributed by atoms with E-state index in [-0.39, 0.29) is 23.6 Å². The van der Waals surface area contributed by atoms with Gasteiger partial charge in [0.15, 0.2) is 0 Å². The molecule has 2 aromatic rings. The molecule has 0 aliphatic carbocycles. The maximum Gasteiger partial charge on any atom is 0.288 e. The summed E-state index contributed by atoms with van der Waals surface area (Å²) in [5.41, 5.74) is -0.0947. The van der Waals surface area contributed by atoms with Gasteiger partial charge in [-0.15, -0.1) is 6.58 Å². The standard InChI is InChI=1S/C22H20ClN3O6/c1-3-11-24(21(28)14-5-10-17(23)18(12-14)26(30)31)19-13-20(27)25(22(19)29)15-6-8-16(9-7-15)32-4-2/h3,5-10,12,19H,1,4,11,13H2,2H3. The van der Waals surface area contributed by atoms with E-state index in [2.05, 4.69) is 6.58 Å². The summed E-state index contributed by atoms with van der Waals surface area (Å²) in [7, 11) is 0. The number of ether oxygens (including phenoxy) is 1. The molecule has 1 heterocycles. The number of hydrogen-bond donors (Lipinski definition) is 0. The first-order chi connectivity index (χ1) is 15.3. The number of hydrogen-bond acceptors (Lipinski definition) is 6. The van der Waals surface area contributed by atoms with Crippen LogP contribution in [0.25, 0.3) is 0 Å². The molecule has 0 aromatic heterocycles. The Kier molecular flexibility index (Phi) is 6.89. The number of benzene rings is 2. The van der Waals surface area contributed by atoms with Crippen LogP contribution < -0.4 is 9.64 Å². The van der Waals surface area contributed by atoms with E-state index < -0.39 is 34.4 Å². The highest BCUT2D eigenvalue weighted by Crippen LogP contribution is 2.30. The van der Waals surface area contributed by atoms with E-state index >= 15 is 0 Å². The van der Waals surface area contributed by atoms with Crippen molar-refractivity contribution in [2.75, 3.05) is 18.1 Å². The molecule has 32 heavy (non-hydrogen) atoms. The van der Waals surface area contributed by atoms with Crippen molar-refractivity contribution in [3.8, 4) is 5.75 Å². The van der Waals surface area contributed by atoms with Crippen molar-refractivity contribution in [3.63, 3.8) is 0 Å². The van der Waals surface area contributed by atoms with E-state index in [0.717, 1.165) is 11.0 Å². The molecule has 166 valence electrons. The molecule has 1 aliphatic heterocycles. The third kappa shape index (κ3) is 4.47. The van der Waals surface area contributed by atoms with Crippen molar-refractivity contribution < 1.29 is 24.0 Å². The molecule has 0 radical (unpaired) electrons. The number of carbonyl (C=O) groups is 3. The number of halogens is 1. The number of imide groups is 1. The highest BCUT2D eigenvalue weighted by Gasteiger charge is 2.44. The minimum Gasteiger partial charge on any atom is -0.494 e. The van der Waals surface area contributed by atoms with Crippen molar-refractivity contribution >= 4 is 40.7 Å². The molecule has 0 spiro atoms. The first-order valence-corrected chi connectivity index (χ1v) is 10.1. The zero-order chi connectivity index (χ0) is 23.4. The summed E-state index contributed by atoms with van der Waals surface area (Å²) >= 11 is 5.83. The Morgan fingerprint density at radius 3 is 2.59 bits per heavy atom. The topological polar surface area (TPSA) is 110 Å². The molecule has 3 amide bonds. The average molecular weight is 458 g/mol. The van der Waals surface area contributed by atoms with Crippen molar-refractivity contribution in [2.45, 2.75) is 19.4 Å². The van der Waals surface area contributed by atoms with Gasteiger partial charge in [-0.25, -0.2) is 4.90 Å². The molecule has 2 aromatic carbocycles. The molecular weight excluding hydrogens is 438 g/mol. The minimum absolute atomic E-state index is 0.0253. The van der Waals surface area contributed by atoms with E-state index in [4.69, 9.17) is 16.3 Å². The maximum atomic E-state index is 13.1. The normalized spacial score (nSPS) is 15.6. The summed E-state index contributed by atoms with van der Waals surface area (Å²) in [6, 6.07) is 9.02. The second-order valence-corrected chi connectivity index (χ2v) is 7.29. The average Bonchev–Trinajstić information content (AvgIpc) is 3.06. The van der Waals surface area contributed by atoms with E-state index in [0.29, 0.717) is 18.0 Å². The highest BCUT2D eigenvalue weighted by molar-refractivity contribution is 6.32. The molecule has 1 atom stereocenters. The van der Waals surface area contributed by atoms with Crippen molar-refractivity contribution in [3.05, 3.63) is 75.8 Å². The van der Waals surface area contributed by atoms with Gasteiger partial charge in [0.05, 0.1) is 23.6 Å². The first-order valence-electron chi connectivity index (χ1n) is 9.74. The number of nitro benzene ring substituents is 1. The second kappa shape index (κ2) is 9.61. The number of nitrogens with zero attached hydrogens (tertiary/aromatic N) is 3. The lowest BCUT2D eigenvalue weighted by Crippen LogP contribution is -2.45. The first kappa shape index (κ1) is 23.0. The van der Waals surface area contributed by atoms with Gasteiger partial charge >= 0.3 is 0 Å². The number of rotatable bonds is 8. The van der Waals surface area contributed by atoms with Gasteiger partial charge in [-0.3, -0.25) is 24.5 Å². The van der Waals surface area contributed by atoms with Crippen molar-refractivity contribution in [2.24, 2.45) is 0 Å². The predicted molar refractivity (Wildman–Crippen MR) is 118 cm³/mol. The van der Waals surface area contributed by atoms with Gasteiger partial charge in [0, 0.05) is 18.2 Å². The molecule has 9 nitrogen and oxygen atoms in total. The van der Waals surface area contributed by atoms with Crippen LogP contribution in [0.5, 0.6) is 5.75 Å². The quantitative estimate of drug-likeness (QED) is 0.259. The number of nitro groups is 1. The molecule has 1 fully saturated rings. The summed E-state index contributed by atoms with van der Waals surface area (Å²) in [6.45, 7) is 5.89. The Bertz CT molecular complexity index is 1090. The third-order valence-electron chi connectivity index (χ3n) is 4.88. The molecule has 0 saturated carbocycles. The van der Waals surface area contributed by atoms with Crippen LogP contribution in [0.2, 0.25) is 5.02 Å². The van der Waals surface area contributed by atoms with E-state index in [1.54, 1.807) is 24.3 Å². The van der Waals surface area contributed by atoms with Crippen LogP contribution in [0.15, 0.2) is 55.1 Å². The van der Waals surface area contributed by atoms with Crippen LogP contribution in [0.3, 0.4) is 0 Å². The van der Waals surface area contributed by atoms with Crippen LogP contribution in [0.1, 0.15) is 23.7 Å². The smallest absolute Gasteiger partial charge is 0.288 e. The summed E-state index contributed by atoms with van der Waals surface area (Å²) in [5.74, 6) is -1.09. The molecule has 10 heteroatoms. The Hall–Kier alpha value is -3.72. The fourth-order valence-electron chi connectivity index (χ4n) is 3.43. The number of anilines is 1. The van der Waals surface area contributed by atoms with Gasteiger partial charge < -0.3 is 9.64 Å². The van der Waals surface area contributed by atoms with Gasteiger partial charge in [0.1, 0.15) is 16.8 Å². The molecule has 1 unspecified atom stereocenters. The fourth-order valence-corrected chi connectivity index (χ4v) is 3.62. The van der Waals surface area contributed by atoms with Gasteiger partial charge in [-0.05, 0) is 43.3 Å². The largest absolute Gasteiger partial charge is 0.494 e. The number of amides is 3. The van der Waals surface area contributed by atoms with Crippen molar-refractivity contribution in [1.29, 1.82) is 0 Å². The Labute approximate surface area is 189 Å². The minimum atomic E-state index is -1.07. The molecule has 3 rings (SSSR count). The predicted octanol–water partition coefficient (Wildman–Crippen LogP) is 3.61. The van der Waals surface area contributed by atoms with Crippen LogP contribution in [0, 0.1) is 10.1 Å². The van der Waals surface area contributed by atoms with E-state index in [1.165, 1.54) is 23.1 Å². The highest BCUT2D eigenvalue weighted by atomic mass is 35.5. The summed E-state index contributed by atoms with van der Waals surface area (Å²) in [5, 5.41) is 11.1. The van der Waals surface area contributed by atoms with E-state index in [1.807, 2.05) is 6.92 Å². The molecular formula is C22H20ClN3O6. The fraction of sp³-hybridized carbons (Fsp3) is 0.227. The third-order valence-corrected chi connectivity index (χ3v) is 5.20. The Balaban J connectivity index is 1.90. The van der Waals surface area contributed by atoms with Gasteiger partial charge in [0.25, 0.3) is 17.5 Å². The zero-order valence-electron chi connectivity index (χ0n) is 17.2. The van der Waals surface area contributed by atoms with Crippen molar-refractivity contribution in [1.82, 2.24) is 4.90 Å².